The second-order valence-electron chi connectivity index (χ2n) is 6.33. The van der Waals surface area contributed by atoms with Crippen LogP contribution in [0.15, 0.2) is 41.5 Å². The number of ketones is 1. The molecule has 0 bridgehead atoms. The van der Waals surface area contributed by atoms with E-state index >= 15 is 0 Å². The van der Waals surface area contributed by atoms with Gasteiger partial charge in [0.15, 0.2) is 5.78 Å². The van der Waals surface area contributed by atoms with E-state index in [2.05, 4.69) is 49.3 Å². The van der Waals surface area contributed by atoms with E-state index < -0.39 is 0 Å². The first-order chi connectivity index (χ1) is 9.68. The Morgan fingerprint density at radius 2 is 1.80 bits per heavy atom. The van der Waals surface area contributed by atoms with Crippen molar-refractivity contribution in [1.29, 1.82) is 0 Å². The van der Waals surface area contributed by atoms with E-state index in [1.165, 1.54) is 24.0 Å². The summed E-state index contributed by atoms with van der Waals surface area (Å²) >= 11 is 0. The Balaban J connectivity index is 2.01. The maximum absolute atomic E-state index is 12.8. The van der Waals surface area contributed by atoms with Gasteiger partial charge >= 0.3 is 0 Å². The number of nitrogens with zero attached hydrogens (tertiary/aromatic N) is 1. The predicted octanol–water partition coefficient (Wildman–Crippen LogP) is 3.40. The SMILES string of the molecule is CN(C)CC1C(=O)C2=C(CCCC2)C1c1ccccc1. The van der Waals surface area contributed by atoms with Gasteiger partial charge in [-0.25, -0.2) is 0 Å². The molecule has 0 radical (unpaired) electrons. The summed E-state index contributed by atoms with van der Waals surface area (Å²) in [5, 5.41) is 0. The molecule has 106 valence electrons. The average molecular weight is 269 g/mol. The summed E-state index contributed by atoms with van der Waals surface area (Å²) in [6.45, 7) is 0.853. The molecule has 0 aliphatic heterocycles. The van der Waals surface area contributed by atoms with Crippen molar-refractivity contribution in [2.45, 2.75) is 31.6 Å². The zero-order valence-corrected chi connectivity index (χ0v) is 12.4. The molecule has 0 amide bonds. The van der Waals surface area contributed by atoms with Crippen molar-refractivity contribution in [1.82, 2.24) is 4.90 Å². The van der Waals surface area contributed by atoms with Gasteiger partial charge in [-0.05, 0) is 50.9 Å². The molecule has 2 unspecified atom stereocenters. The van der Waals surface area contributed by atoms with Crippen LogP contribution in [-0.2, 0) is 4.79 Å². The van der Waals surface area contributed by atoms with E-state index in [-0.39, 0.29) is 5.92 Å². The number of hydrogen-bond donors (Lipinski definition) is 0. The van der Waals surface area contributed by atoms with Crippen molar-refractivity contribution in [2.24, 2.45) is 5.92 Å². The first kappa shape index (κ1) is 13.6. The maximum Gasteiger partial charge on any atom is 0.164 e. The van der Waals surface area contributed by atoms with Crippen LogP contribution in [0.4, 0.5) is 0 Å². The van der Waals surface area contributed by atoms with E-state index in [4.69, 9.17) is 0 Å². The standard InChI is InChI=1S/C18H23NO/c1-19(2)12-16-17(13-8-4-3-5-9-13)14-10-6-7-11-15(14)18(16)20/h3-5,8-9,16-17H,6-7,10-12H2,1-2H3. The lowest BCUT2D eigenvalue weighted by Gasteiger charge is -2.25. The Labute approximate surface area is 121 Å². The summed E-state index contributed by atoms with van der Waals surface area (Å²) in [5.41, 5.74) is 3.93. The molecule has 0 saturated carbocycles. The highest BCUT2D eigenvalue weighted by Crippen LogP contribution is 2.47. The molecule has 0 aromatic heterocycles. The van der Waals surface area contributed by atoms with Crippen LogP contribution in [0, 0.1) is 5.92 Å². The monoisotopic (exact) mass is 269 g/mol. The second kappa shape index (κ2) is 5.53. The summed E-state index contributed by atoms with van der Waals surface area (Å²) in [6.07, 6.45) is 4.54. The quantitative estimate of drug-likeness (QED) is 0.838. The fourth-order valence-electron chi connectivity index (χ4n) is 3.85. The fraction of sp³-hybridized carbons (Fsp3) is 0.500. The van der Waals surface area contributed by atoms with Crippen molar-refractivity contribution in [3.8, 4) is 0 Å². The third-order valence-corrected chi connectivity index (χ3v) is 4.64. The molecule has 0 fully saturated rings. The van der Waals surface area contributed by atoms with Crippen LogP contribution in [0.25, 0.3) is 0 Å². The lowest BCUT2D eigenvalue weighted by Crippen LogP contribution is -2.29. The molecular formula is C18H23NO. The van der Waals surface area contributed by atoms with Gasteiger partial charge in [0.1, 0.15) is 0 Å². The normalized spacial score (nSPS) is 26.2. The number of hydrogen-bond acceptors (Lipinski definition) is 2. The lowest BCUT2D eigenvalue weighted by atomic mass is 9.82. The van der Waals surface area contributed by atoms with Crippen LogP contribution in [0.2, 0.25) is 0 Å². The van der Waals surface area contributed by atoms with Gasteiger partial charge in [0.25, 0.3) is 0 Å². The van der Waals surface area contributed by atoms with Gasteiger partial charge < -0.3 is 4.90 Å². The van der Waals surface area contributed by atoms with Crippen molar-refractivity contribution >= 4 is 5.78 Å². The van der Waals surface area contributed by atoms with Crippen molar-refractivity contribution < 1.29 is 4.79 Å². The molecule has 0 spiro atoms. The highest BCUT2D eigenvalue weighted by Gasteiger charge is 2.42. The number of benzene rings is 1. The smallest absolute Gasteiger partial charge is 0.164 e. The summed E-state index contributed by atoms with van der Waals surface area (Å²) in [5.74, 6) is 0.860. The number of carbonyl (C=O) groups excluding carboxylic acids is 1. The molecule has 2 atom stereocenters. The summed E-state index contributed by atoms with van der Waals surface area (Å²) in [6, 6.07) is 10.6. The number of rotatable bonds is 3. The fourth-order valence-corrected chi connectivity index (χ4v) is 3.85. The average Bonchev–Trinajstić information content (AvgIpc) is 2.73. The highest BCUT2D eigenvalue weighted by atomic mass is 16.1. The molecule has 1 aromatic carbocycles. The van der Waals surface area contributed by atoms with Crippen molar-refractivity contribution in [3.63, 3.8) is 0 Å². The molecule has 2 heteroatoms. The van der Waals surface area contributed by atoms with Crippen LogP contribution in [0.1, 0.15) is 37.2 Å². The highest BCUT2D eigenvalue weighted by molar-refractivity contribution is 6.02. The van der Waals surface area contributed by atoms with Crippen molar-refractivity contribution in [2.75, 3.05) is 20.6 Å². The first-order valence-electron chi connectivity index (χ1n) is 7.64. The molecule has 0 saturated heterocycles. The summed E-state index contributed by atoms with van der Waals surface area (Å²) < 4.78 is 0. The van der Waals surface area contributed by atoms with Crippen LogP contribution in [0.3, 0.4) is 0 Å². The Hall–Kier alpha value is -1.41. The summed E-state index contributed by atoms with van der Waals surface area (Å²) in [4.78, 5) is 14.9. The van der Waals surface area contributed by atoms with Gasteiger partial charge in [-0.15, -0.1) is 0 Å². The number of carbonyl (C=O) groups is 1. The maximum atomic E-state index is 12.8. The zero-order valence-electron chi connectivity index (χ0n) is 12.4. The molecular weight excluding hydrogens is 246 g/mol. The van der Waals surface area contributed by atoms with Gasteiger partial charge in [0.05, 0.1) is 0 Å². The number of Topliss-reactive ketones (excluding diaryl/α,β-unsaturated/α-hetero) is 1. The Morgan fingerprint density at radius 1 is 1.10 bits per heavy atom. The van der Waals surface area contributed by atoms with Crippen LogP contribution in [0.5, 0.6) is 0 Å². The lowest BCUT2D eigenvalue weighted by molar-refractivity contribution is -0.119. The third kappa shape index (κ3) is 2.33. The van der Waals surface area contributed by atoms with Gasteiger partial charge in [0, 0.05) is 18.4 Å². The van der Waals surface area contributed by atoms with Gasteiger partial charge in [-0.2, -0.15) is 0 Å². The van der Waals surface area contributed by atoms with Crippen LogP contribution >= 0.6 is 0 Å². The molecule has 0 N–H and O–H groups in total. The summed E-state index contributed by atoms with van der Waals surface area (Å²) in [7, 11) is 4.12. The topological polar surface area (TPSA) is 20.3 Å². The van der Waals surface area contributed by atoms with Crippen LogP contribution < -0.4 is 0 Å². The van der Waals surface area contributed by atoms with E-state index in [9.17, 15) is 4.79 Å². The zero-order chi connectivity index (χ0) is 14.1. The van der Waals surface area contributed by atoms with Gasteiger partial charge in [0.2, 0.25) is 0 Å². The molecule has 2 aliphatic rings. The predicted molar refractivity (Wildman–Crippen MR) is 81.7 cm³/mol. The first-order valence-corrected chi connectivity index (χ1v) is 7.64. The van der Waals surface area contributed by atoms with Gasteiger partial charge in [-0.3, -0.25) is 4.79 Å². The minimum atomic E-state index is 0.121. The van der Waals surface area contributed by atoms with E-state index in [0.717, 1.165) is 25.0 Å². The third-order valence-electron chi connectivity index (χ3n) is 4.64. The Bertz CT molecular complexity index is 530. The van der Waals surface area contributed by atoms with E-state index in [1.807, 2.05) is 0 Å². The molecule has 2 aliphatic carbocycles. The Morgan fingerprint density at radius 3 is 2.50 bits per heavy atom. The van der Waals surface area contributed by atoms with Crippen LogP contribution in [-0.4, -0.2) is 31.3 Å². The van der Waals surface area contributed by atoms with Crippen molar-refractivity contribution in [3.05, 3.63) is 47.0 Å². The number of allylic oxidation sites excluding steroid dienone is 2. The van der Waals surface area contributed by atoms with E-state index in [1.54, 1.807) is 0 Å². The molecule has 0 heterocycles. The Kier molecular flexibility index (Phi) is 3.75. The minimum Gasteiger partial charge on any atom is -0.309 e. The van der Waals surface area contributed by atoms with E-state index in [0.29, 0.717) is 11.7 Å². The minimum absolute atomic E-state index is 0.121. The molecule has 2 nitrogen and oxygen atoms in total. The molecule has 1 aromatic rings. The van der Waals surface area contributed by atoms with Gasteiger partial charge in [-0.1, -0.05) is 35.9 Å². The molecule has 20 heavy (non-hydrogen) atoms. The second-order valence-corrected chi connectivity index (χ2v) is 6.33. The largest absolute Gasteiger partial charge is 0.309 e. The molecule has 3 rings (SSSR count).